The fraction of sp³-hybridized carbons (Fsp3) is 0.333. The first-order valence-electron chi connectivity index (χ1n) is 11.5. The van der Waals surface area contributed by atoms with Crippen molar-refractivity contribution < 1.29 is 27.5 Å². The number of thiophene rings is 1. The molecule has 0 bridgehead atoms. The van der Waals surface area contributed by atoms with E-state index < -0.39 is 17.6 Å². The van der Waals surface area contributed by atoms with Gasteiger partial charge in [-0.25, -0.2) is 0 Å². The van der Waals surface area contributed by atoms with E-state index in [-0.39, 0.29) is 24.6 Å². The summed E-state index contributed by atoms with van der Waals surface area (Å²) in [5.74, 6) is -0.748. The molecule has 0 spiro atoms. The largest absolute Gasteiger partial charge is 0.416 e. The van der Waals surface area contributed by atoms with Crippen molar-refractivity contribution >= 4 is 23.2 Å². The average Bonchev–Trinajstić information content (AvgIpc) is 3.27. The normalized spacial score (nSPS) is 11.4. The number of nitrogens with zero attached hydrogens (tertiary/aromatic N) is 2. The van der Waals surface area contributed by atoms with Crippen molar-refractivity contribution in [3.63, 3.8) is 0 Å². The van der Waals surface area contributed by atoms with Crippen molar-refractivity contribution in [2.45, 2.75) is 32.6 Å². The van der Waals surface area contributed by atoms with Crippen LogP contribution in [0.2, 0.25) is 0 Å². The van der Waals surface area contributed by atoms with Crippen molar-refractivity contribution in [1.29, 1.82) is 0 Å². The van der Waals surface area contributed by atoms with Gasteiger partial charge in [-0.1, -0.05) is 30.3 Å². The van der Waals surface area contributed by atoms with Gasteiger partial charge in [-0.15, -0.1) is 11.3 Å². The van der Waals surface area contributed by atoms with Crippen LogP contribution in [0, 0.1) is 6.92 Å². The minimum Gasteiger partial charge on any atom is -0.385 e. The van der Waals surface area contributed by atoms with Crippen LogP contribution in [-0.4, -0.2) is 48.4 Å². The van der Waals surface area contributed by atoms with Gasteiger partial charge in [0.1, 0.15) is 6.54 Å². The van der Waals surface area contributed by atoms with E-state index in [9.17, 15) is 22.8 Å². The van der Waals surface area contributed by atoms with Crippen LogP contribution in [-0.2, 0) is 28.8 Å². The Morgan fingerprint density at radius 2 is 1.61 bits per heavy atom. The van der Waals surface area contributed by atoms with Gasteiger partial charge < -0.3 is 14.5 Å². The number of hydrogen-bond donors (Lipinski definition) is 0. The lowest BCUT2D eigenvalue weighted by molar-refractivity contribution is -0.137. The van der Waals surface area contributed by atoms with E-state index >= 15 is 0 Å². The highest BCUT2D eigenvalue weighted by atomic mass is 32.1. The molecular formula is C27H29F3N2O3S. The first kappa shape index (κ1) is 27.4. The minimum absolute atomic E-state index is 0.0942. The maximum Gasteiger partial charge on any atom is 0.416 e. The lowest BCUT2D eigenvalue weighted by Crippen LogP contribution is -2.43. The molecule has 0 aliphatic carbocycles. The summed E-state index contributed by atoms with van der Waals surface area (Å²) in [5, 5.41) is 0. The summed E-state index contributed by atoms with van der Waals surface area (Å²) in [6, 6.07) is 17.6. The monoisotopic (exact) mass is 518 g/mol. The maximum atomic E-state index is 13.5. The Balaban J connectivity index is 1.80. The molecule has 2 amide bonds. The molecule has 3 rings (SSSR count). The van der Waals surface area contributed by atoms with E-state index in [1.807, 2.05) is 49.4 Å². The number of methoxy groups -OCH3 is 1. The molecule has 0 unspecified atom stereocenters. The second-order valence-corrected chi connectivity index (χ2v) is 9.77. The summed E-state index contributed by atoms with van der Waals surface area (Å²) in [6.45, 7) is 3.19. The molecular weight excluding hydrogens is 489 g/mol. The Morgan fingerprint density at radius 1 is 0.917 bits per heavy atom. The van der Waals surface area contributed by atoms with Gasteiger partial charge in [0.25, 0.3) is 5.91 Å². The zero-order valence-corrected chi connectivity index (χ0v) is 21.1. The summed E-state index contributed by atoms with van der Waals surface area (Å²) in [6.07, 6.45) is -4.01. The van der Waals surface area contributed by atoms with Crippen molar-refractivity contribution in [2.24, 2.45) is 0 Å². The fourth-order valence-corrected chi connectivity index (χ4v) is 4.60. The van der Waals surface area contributed by atoms with Gasteiger partial charge in [-0.2, -0.15) is 13.2 Å². The molecule has 0 atom stereocenters. The molecule has 0 radical (unpaired) electrons. The van der Waals surface area contributed by atoms with E-state index in [2.05, 4.69) is 0 Å². The summed E-state index contributed by atoms with van der Waals surface area (Å²) < 4.78 is 43.9. The second-order valence-electron chi connectivity index (χ2n) is 8.40. The van der Waals surface area contributed by atoms with Crippen LogP contribution in [0.3, 0.4) is 0 Å². The molecule has 192 valence electrons. The number of benzene rings is 2. The molecule has 36 heavy (non-hydrogen) atoms. The summed E-state index contributed by atoms with van der Waals surface area (Å²) in [7, 11) is 1.54. The Kier molecular flexibility index (Phi) is 9.66. The van der Waals surface area contributed by atoms with Gasteiger partial charge in [0.15, 0.2) is 0 Å². The summed E-state index contributed by atoms with van der Waals surface area (Å²) >= 11 is 1.60. The standard InChI is InChI=1S/C27H29F3N2O3S/c1-20-9-14-24(36-20)18-32(17-21-7-4-3-5-8-21)25(33)19-31(15-6-16-35-2)26(34)22-10-12-23(13-11-22)27(28,29)30/h3-5,7-14H,6,15-19H2,1-2H3. The molecule has 3 aromatic rings. The van der Waals surface area contributed by atoms with Gasteiger partial charge in [0.05, 0.1) is 12.1 Å². The summed E-state index contributed by atoms with van der Waals surface area (Å²) in [5.41, 5.74) is 0.220. The minimum atomic E-state index is -4.49. The highest BCUT2D eigenvalue weighted by molar-refractivity contribution is 7.11. The molecule has 0 fully saturated rings. The molecule has 1 heterocycles. The SMILES string of the molecule is COCCCN(CC(=O)N(Cc1ccccc1)Cc1ccc(C)s1)C(=O)c1ccc(C(F)(F)F)cc1. The van der Waals surface area contributed by atoms with Crippen LogP contribution in [0.1, 0.15) is 37.7 Å². The van der Waals surface area contributed by atoms with Gasteiger partial charge in [-0.05, 0) is 55.3 Å². The van der Waals surface area contributed by atoms with Crippen molar-refractivity contribution in [1.82, 2.24) is 9.80 Å². The topological polar surface area (TPSA) is 49.9 Å². The quantitative estimate of drug-likeness (QED) is 0.302. The number of carbonyl (C=O) groups excluding carboxylic acids is 2. The smallest absolute Gasteiger partial charge is 0.385 e. The van der Waals surface area contributed by atoms with Crippen LogP contribution in [0.25, 0.3) is 0 Å². The van der Waals surface area contributed by atoms with Crippen LogP contribution in [0.4, 0.5) is 13.2 Å². The molecule has 0 N–H and O–H groups in total. The number of ether oxygens (including phenoxy) is 1. The van der Waals surface area contributed by atoms with Gasteiger partial charge in [-0.3, -0.25) is 9.59 Å². The Labute approximate surface area is 213 Å². The molecule has 0 aliphatic rings. The predicted molar refractivity (Wildman–Crippen MR) is 134 cm³/mol. The highest BCUT2D eigenvalue weighted by Crippen LogP contribution is 2.29. The molecule has 0 saturated heterocycles. The zero-order chi connectivity index (χ0) is 26.1. The molecule has 0 saturated carbocycles. The lowest BCUT2D eigenvalue weighted by Gasteiger charge is -2.28. The zero-order valence-electron chi connectivity index (χ0n) is 20.3. The number of carbonyl (C=O) groups is 2. The average molecular weight is 519 g/mol. The number of rotatable bonds is 11. The second kappa shape index (κ2) is 12.7. The third-order valence-electron chi connectivity index (χ3n) is 5.56. The third kappa shape index (κ3) is 7.93. The molecule has 2 aromatic carbocycles. The summed E-state index contributed by atoms with van der Waals surface area (Å²) in [4.78, 5) is 31.9. The Bertz CT molecular complexity index is 1130. The number of alkyl halides is 3. The van der Waals surface area contributed by atoms with Gasteiger partial charge in [0, 0.05) is 42.1 Å². The Morgan fingerprint density at radius 3 is 2.19 bits per heavy atom. The molecule has 0 aliphatic heterocycles. The highest BCUT2D eigenvalue weighted by Gasteiger charge is 2.31. The van der Waals surface area contributed by atoms with E-state index in [1.54, 1.807) is 16.2 Å². The Hall–Kier alpha value is -3.17. The van der Waals surface area contributed by atoms with Crippen LogP contribution in [0.5, 0.6) is 0 Å². The van der Waals surface area contributed by atoms with Crippen molar-refractivity contribution in [3.05, 3.63) is 93.2 Å². The lowest BCUT2D eigenvalue weighted by atomic mass is 10.1. The third-order valence-corrected chi connectivity index (χ3v) is 6.55. The number of aryl methyl sites for hydroxylation is 1. The molecule has 5 nitrogen and oxygen atoms in total. The number of hydrogen-bond acceptors (Lipinski definition) is 4. The van der Waals surface area contributed by atoms with Gasteiger partial charge in [0.2, 0.25) is 5.91 Å². The molecule has 1 aromatic heterocycles. The van der Waals surface area contributed by atoms with E-state index in [0.717, 1.165) is 39.6 Å². The molecule has 9 heteroatoms. The van der Waals surface area contributed by atoms with E-state index in [1.165, 1.54) is 12.0 Å². The number of amides is 2. The van der Waals surface area contributed by atoms with Crippen LogP contribution in [0.15, 0.2) is 66.7 Å². The first-order valence-corrected chi connectivity index (χ1v) is 12.3. The van der Waals surface area contributed by atoms with E-state index in [4.69, 9.17) is 4.74 Å². The van der Waals surface area contributed by atoms with Gasteiger partial charge >= 0.3 is 6.18 Å². The van der Waals surface area contributed by atoms with E-state index in [0.29, 0.717) is 26.1 Å². The number of halogens is 3. The first-order chi connectivity index (χ1) is 17.2. The fourth-order valence-electron chi connectivity index (χ4n) is 3.69. The van der Waals surface area contributed by atoms with Crippen LogP contribution < -0.4 is 0 Å². The van der Waals surface area contributed by atoms with Crippen molar-refractivity contribution in [2.75, 3.05) is 26.8 Å². The van der Waals surface area contributed by atoms with Crippen LogP contribution >= 0.6 is 11.3 Å². The maximum absolute atomic E-state index is 13.5. The van der Waals surface area contributed by atoms with Crippen molar-refractivity contribution in [3.8, 4) is 0 Å². The predicted octanol–water partition coefficient (Wildman–Crippen LogP) is 5.78.